The van der Waals surface area contributed by atoms with Crippen molar-refractivity contribution in [2.24, 2.45) is 0 Å². The predicted molar refractivity (Wildman–Crippen MR) is 231 cm³/mol. The molecule has 1 unspecified atom stereocenters. The average Bonchev–Trinajstić information content (AvgIpc) is 3.65. The predicted octanol–water partition coefficient (Wildman–Crippen LogP) is 12.2. The highest BCUT2D eigenvalue weighted by molar-refractivity contribution is 6.39. The van der Waals surface area contributed by atoms with Crippen molar-refractivity contribution in [2.45, 2.75) is 25.6 Å². The van der Waals surface area contributed by atoms with E-state index in [1.165, 1.54) is 18.5 Å². The Balaban J connectivity index is 1.33. The van der Waals surface area contributed by atoms with Crippen LogP contribution in [-0.4, -0.2) is 50.1 Å². The third-order valence-electron chi connectivity index (χ3n) is 10.1. The summed E-state index contributed by atoms with van der Waals surface area (Å²) in [6.07, 6.45) is 2.24. The Bertz CT molecular complexity index is 2490. The third-order valence-corrected chi connectivity index (χ3v) is 11.3. The lowest BCUT2D eigenvalue weighted by atomic mass is 9.80. The molecule has 0 spiro atoms. The molecule has 0 N–H and O–H groups in total. The number of nitrogens with zero attached hydrogens (tertiary/aromatic N) is 2. The molecule has 5 aromatic carbocycles. The number of rotatable bonds is 16. The zero-order valence-electron chi connectivity index (χ0n) is 32.7. The SMILES string of the molecule is C=CCOCC(COC(c1ccccc1)(c1ccc(OC)cc1)c1ccc(OC)cc1)Oc1c(Cl)c(C)c(-c2c(-c3ccc(F)cc3)oc3ncnc(Cl)c23)c(C)c1Cl. The Morgan fingerprint density at radius 3 is 1.88 bits per heavy atom. The molecule has 0 radical (unpaired) electrons. The second-order valence-corrected chi connectivity index (χ2v) is 14.7. The fourth-order valence-corrected chi connectivity index (χ4v) is 7.95. The molecule has 12 heteroatoms. The van der Waals surface area contributed by atoms with E-state index in [1.807, 2.05) is 92.7 Å². The van der Waals surface area contributed by atoms with Crippen molar-refractivity contribution in [2.75, 3.05) is 34.0 Å². The zero-order chi connectivity index (χ0) is 41.7. The smallest absolute Gasteiger partial charge is 0.231 e. The highest BCUT2D eigenvalue weighted by Crippen LogP contribution is 2.51. The summed E-state index contributed by atoms with van der Waals surface area (Å²) in [7, 11) is 3.25. The van der Waals surface area contributed by atoms with Crippen LogP contribution in [0.3, 0.4) is 0 Å². The number of aromatic nitrogens is 2. The quantitative estimate of drug-likeness (QED) is 0.0411. The lowest BCUT2D eigenvalue weighted by Gasteiger charge is -2.37. The summed E-state index contributed by atoms with van der Waals surface area (Å²) in [5.41, 5.74) is 4.71. The van der Waals surface area contributed by atoms with Gasteiger partial charge in [-0.05, 0) is 95.8 Å². The molecule has 2 heterocycles. The molecule has 0 aliphatic rings. The van der Waals surface area contributed by atoms with Crippen molar-refractivity contribution in [3.05, 3.63) is 171 Å². The maximum absolute atomic E-state index is 14.1. The van der Waals surface area contributed by atoms with Gasteiger partial charge in [-0.15, -0.1) is 6.58 Å². The maximum atomic E-state index is 14.1. The zero-order valence-corrected chi connectivity index (χ0v) is 35.0. The van der Waals surface area contributed by atoms with Crippen LogP contribution >= 0.6 is 34.8 Å². The minimum absolute atomic E-state index is 0.0185. The second kappa shape index (κ2) is 18.2. The molecular formula is C47H40Cl3FN2O6. The van der Waals surface area contributed by atoms with Crippen molar-refractivity contribution in [3.8, 4) is 39.7 Å². The standard InChI is InChI=1S/C47H40Cl3FN2O6/c1-6-24-56-25-37(26-57-47(31-10-8-7-9-11-31,32-14-20-35(54-4)21-15-32)33-16-22-36(55-5)23-17-33)58-44-41(48)28(2)38(29(3)42(44)49)39-40-45(50)52-27-53-46(40)59-43(39)30-12-18-34(51)19-13-30/h6-23,27,37H,1,24-26H2,2-5H3. The van der Waals surface area contributed by atoms with Crippen LogP contribution in [0.15, 0.2) is 127 Å². The number of fused-ring (bicyclic) bond motifs is 1. The summed E-state index contributed by atoms with van der Waals surface area (Å²) in [5, 5.41) is 1.12. The van der Waals surface area contributed by atoms with Crippen LogP contribution in [0, 0.1) is 19.7 Å². The minimum atomic E-state index is -1.14. The fraction of sp³-hybridized carbons (Fsp3) is 0.191. The van der Waals surface area contributed by atoms with Crippen molar-refractivity contribution in [1.82, 2.24) is 9.97 Å². The Hall–Kier alpha value is -5.42. The molecule has 0 saturated carbocycles. The Labute approximate surface area is 357 Å². The molecule has 0 bridgehead atoms. The third kappa shape index (κ3) is 8.26. The first-order chi connectivity index (χ1) is 28.6. The lowest BCUT2D eigenvalue weighted by Crippen LogP contribution is -2.38. The number of furan rings is 1. The Kier molecular flexibility index (Phi) is 12.9. The van der Waals surface area contributed by atoms with Gasteiger partial charge in [0, 0.05) is 11.1 Å². The van der Waals surface area contributed by atoms with Crippen molar-refractivity contribution < 1.29 is 32.5 Å². The van der Waals surface area contributed by atoms with E-state index in [-0.39, 0.29) is 46.5 Å². The molecule has 0 amide bonds. The van der Waals surface area contributed by atoms with E-state index < -0.39 is 17.5 Å². The molecule has 59 heavy (non-hydrogen) atoms. The van der Waals surface area contributed by atoms with Crippen molar-refractivity contribution in [1.29, 1.82) is 0 Å². The normalized spacial score (nSPS) is 12.1. The van der Waals surface area contributed by atoms with E-state index in [9.17, 15) is 4.39 Å². The topological polar surface area (TPSA) is 85.1 Å². The van der Waals surface area contributed by atoms with E-state index >= 15 is 0 Å². The molecule has 7 aromatic rings. The maximum Gasteiger partial charge on any atom is 0.231 e. The van der Waals surface area contributed by atoms with Gasteiger partial charge in [-0.1, -0.05) is 95.5 Å². The molecule has 0 aliphatic carbocycles. The second-order valence-electron chi connectivity index (χ2n) is 13.6. The number of ether oxygens (including phenoxy) is 5. The van der Waals surface area contributed by atoms with Gasteiger partial charge < -0.3 is 28.1 Å². The van der Waals surface area contributed by atoms with Crippen molar-refractivity contribution in [3.63, 3.8) is 0 Å². The van der Waals surface area contributed by atoms with Gasteiger partial charge in [-0.3, -0.25) is 0 Å². The van der Waals surface area contributed by atoms with Gasteiger partial charge in [-0.25, -0.2) is 14.4 Å². The van der Waals surface area contributed by atoms with E-state index in [4.69, 9.17) is 62.9 Å². The fourth-order valence-electron chi connectivity index (χ4n) is 7.22. The van der Waals surface area contributed by atoms with Crippen molar-refractivity contribution >= 4 is 45.9 Å². The number of hydrogen-bond donors (Lipinski definition) is 0. The molecule has 0 fully saturated rings. The van der Waals surface area contributed by atoms with Crippen LogP contribution < -0.4 is 14.2 Å². The van der Waals surface area contributed by atoms with Crippen LogP contribution in [0.2, 0.25) is 15.2 Å². The van der Waals surface area contributed by atoms with E-state index in [0.717, 1.165) is 16.7 Å². The van der Waals surface area contributed by atoms with Gasteiger partial charge in [-0.2, -0.15) is 0 Å². The average molecular weight is 854 g/mol. The summed E-state index contributed by atoms with van der Waals surface area (Å²) in [6, 6.07) is 31.4. The van der Waals surface area contributed by atoms with Crippen LogP contribution in [0.4, 0.5) is 4.39 Å². The first-order valence-electron chi connectivity index (χ1n) is 18.6. The molecule has 7 rings (SSSR count). The summed E-state index contributed by atoms with van der Waals surface area (Å²) in [5.74, 6) is 1.64. The first-order valence-corrected chi connectivity index (χ1v) is 19.8. The number of halogens is 4. The molecule has 0 aliphatic heterocycles. The summed E-state index contributed by atoms with van der Waals surface area (Å²) >= 11 is 21.2. The van der Waals surface area contributed by atoms with Gasteiger partial charge in [0.1, 0.15) is 46.3 Å². The van der Waals surface area contributed by atoms with Gasteiger partial charge >= 0.3 is 0 Å². The molecule has 2 aromatic heterocycles. The number of methoxy groups -OCH3 is 2. The molecular weight excluding hydrogens is 814 g/mol. The van der Waals surface area contributed by atoms with E-state index in [1.54, 1.807) is 32.4 Å². The van der Waals surface area contributed by atoms with E-state index in [0.29, 0.717) is 50.5 Å². The molecule has 302 valence electrons. The first kappa shape index (κ1) is 41.7. The summed E-state index contributed by atoms with van der Waals surface area (Å²) < 4.78 is 51.3. The van der Waals surface area contributed by atoms with E-state index in [2.05, 4.69) is 16.5 Å². The number of benzene rings is 5. The van der Waals surface area contributed by atoms with Crippen LogP contribution in [0.5, 0.6) is 17.2 Å². The Morgan fingerprint density at radius 1 is 0.746 bits per heavy atom. The van der Waals surface area contributed by atoms with Crippen LogP contribution in [0.25, 0.3) is 33.6 Å². The largest absolute Gasteiger partial charge is 0.497 e. The molecule has 0 saturated heterocycles. The monoisotopic (exact) mass is 852 g/mol. The lowest BCUT2D eigenvalue weighted by molar-refractivity contribution is -0.0523. The molecule has 8 nitrogen and oxygen atoms in total. The highest BCUT2D eigenvalue weighted by Gasteiger charge is 2.39. The van der Waals surface area contributed by atoms with Gasteiger partial charge in [0.25, 0.3) is 0 Å². The minimum Gasteiger partial charge on any atom is -0.497 e. The highest BCUT2D eigenvalue weighted by atomic mass is 35.5. The summed E-state index contributed by atoms with van der Waals surface area (Å²) in [4.78, 5) is 8.57. The molecule has 1 atom stereocenters. The van der Waals surface area contributed by atoms with Gasteiger partial charge in [0.15, 0.2) is 5.75 Å². The number of hydrogen-bond acceptors (Lipinski definition) is 8. The van der Waals surface area contributed by atoms with Gasteiger partial charge in [0.2, 0.25) is 5.71 Å². The summed E-state index contributed by atoms with van der Waals surface area (Å²) in [6.45, 7) is 7.91. The van der Waals surface area contributed by atoms with Crippen LogP contribution in [-0.2, 0) is 15.1 Å². The van der Waals surface area contributed by atoms with Gasteiger partial charge in [0.05, 0.1) is 49.5 Å². The van der Waals surface area contributed by atoms with Crippen LogP contribution in [0.1, 0.15) is 27.8 Å². The Morgan fingerprint density at radius 2 is 1.32 bits per heavy atom.